The summed E-state index contributed by atoms with van der Waals surface area (Å²) in [6.07, 6.45) is 1.99. The number of benzene rings is 1. The fourth-order valence-electron chi connectivity index (χ4n) is 5.05. The maximum atomic E-state index is 13.7. The average Bonchev–Trinajstić information content (AvgIpc) is 3.04. The number of nitrogens with one attached hydrogen (secondary N) is 6. The van der Waals surface area contributed by atoms with E-state index in [-0.39, 0.29) is 49.5 Å². The summed E-state index contributed by atoms with van der Waals surface area (Å²) in [5.41, 5.74) is 0.969. The molecule has 0 aromatic heterocycles. The van der Waals surface area contributed by atoms with Crippen LogP contribution in [0.4, 0.5) is 0 Å². The Hall–Kier alpha value is -4.00. The molecular formula is C35H58N6O7. The Labute approximate surface area is 285 Å². The van der Waals surface area contributed by atoms with Crippen molar-refractivity contribution in [2.45, 2.75) is 124 Å². The highest BCUT2D eigenvalue weighted by Gasteiger charge is 2.31. The van der Waals surface area contributed by atoms with Gasteiger partial charge in [-0.3, -0.25) is 28.8 Å². The van der Waals surface area contributed by atoms with E-state index in [9.17, 15) is 28.8 Å². The molecule has 0 aliphatic heterocycles. The lowest BCUT2D eigenvalue weighted by Crippen LogP contribution is -2.58. The Bertz CT molecular complexity index is 1180. The summed E-state index contributed by atoms with van der Waals surface area (Å²) in [5.74, 6) is -3.25. The van der Waals surface area contributed by atoms with Crippen molar-refractivity contribution in [1.82, 2.24) is 31.9 Å². The third kappa shape index (κ3) is 15.7. The summed E-state index contributed by atoms with van der Waals surface area (Å²) in [6.45, 7) is 13.5. The molecule has 6 atom stereocenters. The van der Waals surface area contributed by atoms with Crippen LogP contribution < -0.4 is 31.9 Å². The first-order valence-corrected chi connectivity index (χ1v) is 17.2. The molecule has 0 saturated carbocycles. The Morgan fingerprint density at radius 2 is 1.42 bits per heavy atom. The second-order valence-electron chi connectivity index (χ2n) is 12.7. The van der Waals surface area contributed by atoms with Crippen molar-refractivity contribution in [2.75, 3.05) is 13.1 Å². The van der Waals surface area contributed by atoms with E-state index >= 15 is 0 Å². The molecule has 0 heterocycles. The van der Waals surface area contributed by atoms with Gasteiger partial charge in [-0.2, -0.15) is 0 Å². The molecule has 13 heteroatoms. The minimum atomic E-state index is -0.998. The van der Waals surface area contributed by atoms with Crippen LogP contribution in [0.5, 0.6) is 0 Å². The van der Waals surface area contributed by atoms with Crippen LogP contribution in [0, 0.1) is 11.8 Å². The normalized spacial score (nSPS) is 14.8. The maximum absolute atomic E-state index is 13.7. The summed E-state index contributed by atoms with van der Waals surface area (Å²) in [4.78, 5) is 76.0. The number of rotatable bonds is 23. The molecule has 0 spiro atoms. The largest absolute Gasteiger partial charge is 0.481 e. The molecule has 270 valence electrons. The molecule has 0 radical (unpaired) electrons. The van der Waals surface area contributed by atoms with Gasteiger partial charge < -0.3 is 37.0 Å². The second-order valence-corrected chi connectivity index (χ2v) is 12.7. The van der Waals surface area contributed by atoms with E-state index < -0.39 is 53.9 Å². The molecule has 0 bridgehead atoms. The first-order valence-electron chi connectivity index (χ1n) is 17.2. The zero-order valence-corrected chi connectivity index (χ0v) is 29.7. The van der Waals surface area contributed by atoms with Gasteiger partial charge in [0.1, 0.15) is 18.1 Å². The standard InChI is InChI=1S/C35H58N6O7/c1-8-15-27(39-35(48)31(23(6)9-2)40-28(42)18-14-19-29(43)44)33(46)38-26(20-25-16-12-11-13-17-25)21-37-24(7)32(45)41-30(22(4)5)34(47)36-10-3/h11-13,16-17,22-24,26-27,30-31,37H,8-10,14-15,18-21H2,1-7H3,(H,36,47)(H,38,46)(H,39,48)(H,40,42)(H,41,45)(H,43,44)/t23-,24-,26-,27-,30-,31-/m0/s1. The fourth-order valence-corrected chi connectivity index (χ4v) is 5.05. The number of carboxylic acid groups (broad SMARTS) is 1. The van der Waals surface area contributed by atoms with Gasteiger partial charge in [0.25, 0.3) is 0 Å². The van der Waals surface area contributed by atoms with E-state index in [1.54, 1.807) is 6.92 Å². The lowest BCUT2D eigenvalue weighted by molar-refractivity contribution is -0.137. The van der Waals surface area contributed by atoms with Crippen molar-refractivity contribution in [3.05, 3.63) is 35.9 Å². The van der Waals surface area contributed by atoms with Crippen molar-refractivity contribution in [3.63, 3.8) is 0 Å². The first-order chi connectivity index (χ1) is 22.7. The van der Waals surface area contributed by atoms with E-state index in [1.165, 1.54) is 0 Å². The number of aliphatic carboxylic acids is 1. The van der Waals surface area contributed by atoms with Crippen LogP contribution in [-0.4, -0.2) is 83.9 Å². The van der Waals surface area contributed by atoms with Crippen molar-refractivity contribution < 1.29 is 33.9 Å². The van der Waals surface area contributed by atoms with Crippen LogP contribution in [0.15, 0.2) is 30.3 Å². The molecular weight excluding hydrogens is 616 g/mol. The topological polar surface area (TPSA) is 195 Å². The zero-order valence-electron chi connectivity index (χ0n) is 29.7. The molecule has 0 fully saturated rings. The summed E-state index contributed by atoms with van der Waals surface area (Å²) >= 11 is 0. The molecule has 0 aliphatic rings. The Balaban J connectivity index is 3.05. The monoisotopic (exact) mass is 674 g/mol. The lowest BCUT2D eigenvalue weighted by atomic mass is 9.97. The fraction of sp³-hybridized carbons (Fsp3) is 0.657. The minimum absolute atomic E-state index is 0.0277. The third-order valence-electron chi connectivity index (χ3n) is 8.15. The summed E-state index contributed by atoms with van der Waals surface area (Å²) in [5, 5.41) is 26.2. The number of amides is 5. The van der Waals surface area contributed by atoms with E-state index in [2.05, 4.69) is 31.9 Å². The maximum Gasteiger partial charge on any atom is 0.303 e. The van der Waals surface area contributed by atoms with Gasteiger partial charge >= 0.3 is 5.97 Å². The van der Waals surface area contributed by atoms with Crippen molar-refractivity contribution >= 4 is 35.5 Å². The molecule has 13 nitrogen and oxygen atoms in total. The molecule has 0 saturated heterocycles. The van der Waals surface area contributed by atoms with Gasteiger partial charge in [-0.05, 0) is 50.5 Å². The van der Waals surface area contributed by atoms with Gasteiger partial charge in [0.15, 0.2) is 0 Å². The van der Waals surface area contributed by atoms with Crippen molar-refractivity contribution in [2.24, 2.45) is 11.8 Å². The van der Waals surface area contributed by atoms with E-state index in [1.807, 2.05) is 71.9 Å². The first kappa shape index (κ1) is 42.0. The SMILES string of the molecule is CCC[C@H](NC(=O)[C@@H](NC(=O)CCCC(=O)O)[C@@H](C)CC)C(=O)N[C@H](CN[C@@H](C)C(=O)N[C@H](C(=O)NCC)C(C)C)Cc1ccccc1. The minimum Gasteiger partial charge on any atom is -0.481 e. The van der Waals surface area contributed by atoms with Gasteiger partial charge in [0.05, 0.1) is 6.04 Å². The van der Waals surface area contributed by atoms with Crippen LogP contribution >= 0.6 is 0 Å². The number of carboxylic acids is 1. The van der Waals surface area contributed by atoms with E-state index in [4.69, 9.17) is 5.11 Å². The van der Waals surface area contributed by atoms with Crippen molar-refractivity contribution in [1.29, 1.82) is 0 Å². The summed E-state index contributed by atoms with van der Waals surface area (Å²) < 4.78 is 0. The average molecular weight is 675 g/mol. The van der Waals surface area contributed by atoms with Crippen LogP contribution in [0.2, 0.25) is 0 Å². The van der Waals surface area contributed by atoms with Crippen LogP contribution in [-0.2, 0) is 35.2 Å². The zero-order chi connectivity index (χ0) is 36.2. The van der Waals surface area contributed by atoms with Crippen molar-refractivity contribution in [3.8, 4) is 0 Å². The van der Waals surface area contributed by atoms with Crippen LogP contribution in [0.1, 0.15) is 92.6 Å². The molecule has 5 amide bonds. The van der Waals surface area contributed by atoms with Crippen LogP contribution in [0.25, 0.3) is 0 Å². The van der Waals surface area contributed by atoms with E-state index in [0.29, 0.717) is 32.2 Å². The highest BCUT2D eigenvalue weighted by atomic mass is 16.4. The molecule has 7 N–H and O–H groups in total. The number of hydrogen-bond donors (Lipinski definition) is 7. The quantitative estimate of drug-likeness (QED) is 0.0916. The number of hydrogen-bond acceptors (Lipinski definition) is 7. The highest BCUT2D eigenvalue weighted by molar-refractivity contribution is 5.92. The lowest BCUT2D eigenvalue weighted by Gasteiger charge is -2.28. The predicted octanol–water partition coefficient (Wildman–Crippen LogP) is 2.04. The Kier molecular flexibility index (Phi) is 19.7. The number of carbonyl (C=O) groups is 6. The van der Waals surface area contributed by atoms with Crippen LogP contribution in [0.3, 0.4) is 0 Å². The second kappa shape index (κ2) is 22.5. The highest BCUT2D eigenvalue weighted by Crippen LogP contribution is 2.11. The predicted molar refractivity (Wildman–Crippen MR) is 185 cm³/mol. The molecule has 1 aromatic rings. The number of carbonyl (C=O) groups excluding carboxylic acids is 5. The van der Waals surface area contributed by atoms with E-state index in [0.717, 1.165) is 5.56 Å². The van der Waals surface area contributed by atoms with Gasteiger partial charge in [0.2, 0.25) is 29.5 Å². The molecule has 1 rings (SSSR count). The molecule has 0 aliphatic carbocycles. The summed E-state index contributed by atoms with van der Waals surface area (Å²) in [6, 6.07) is 6.00. The third-order valence-corrected chi connectivity index (χ3v) is 8.15. The summed E-state index contributed by atoms with van der Waals surface area (Å²) in [7, 11) is 0. The number of likely N-dealkylation sites (N-methyl/N-ethyl adjacent to an activating group) is 1. The van der Waals surface area contributed by atoms with Gasteiger partial charge in [-0.25, -0.2) is 0 Å². The van der Waals surface area contributed by atoms with Gasteiger partial charge in [-0.1, -0.05) is 77.8 Å². The molecule has 48 heavy (non-hydrogen) atoms. The van der Waals surface area contributed by atoms with Gasteiger partial charge in [-0.15, -0.1) is 0 Å². The Morgan fingerprint density at radius 1 is 0.750 bits per heavy atom. The van der Waals surface area contributed by atoms with Gasteiger partial charge in [0, 0.05) is 32.0 Å². The smallest absolute Gasteiger partial charge is 0.303 e. The molecule has 0 unspecified atom stereocenters. The Morgan fingerprint density at radius 3 is 1.98 bits per heavy atom. The molecule has 1 aromatic carbocycles.